The average molecular weight is 295 g/mol. The van der Waals surface area contributed by atoms with Crippen LogP contribution in [0.4, 0.5) is 0 Å². The van der Waals surface area contributed by atoms with Crippen molar-refractivity contribution >= 4 is 45.4 Å². The fourth-order valence-electron chi connectivity index (χ4n) is 1.64. The molecule has 0 aliphatic heterocycles. The van der Waals surface area contributed by atoms with Crippen molar-refractivity contribution in [2.45, 2.75) is 0 Å². The molecule has 0 saturated heterocycles. The second-order valence-corrected chi connectivity index (χ2v) is 4.70. The Morgan fingerprint density at radius 1 is 1.42 bits per heavy atom. The molecule has 5 nitrogen and oxygen atoms in total. The predicted octanol–water partition coefficient (Wildman–Crippen LogP) is 3.35. The largest absolute Gasteiger partial charge is 0.434 e. The van der Waals surface area contributed by atoms with Crippen LogP contribution in [0.5, 0.6) is 0 Å². The van der Waals surface area contributed by atoms with E-state index in [4.69, 9.17) is 27.6 Å². The van der Waals surface area contributed by atoms with E-state index in [9.17, 15) is 0 Å². The Balaban J connectivity index is 2.07. The number of rotatable bonds is 2. The number of halogens is 2. The molecule has 0 amide bonds. The van der Waals surface area contributed by atoms with Crippen molar-refractivity contribution in [1.29, 1.82) is 0 Å². The molecule has 0 atom stereocenters. The van der Waals surface area contributed by atoms with E-state index in [1.54, 1.807) is 36.1 Å². The summed E-state index contributed by atoms with van der Waals surface area (Å²) in [5, 5.41) is 8.44. The molecule has 3 aromatic rings. The van der Waals surface area contributed by atoms with Crippen LogP contribution in [-0.2, 0) is 7.05 Å². The van der Waals surface area contributed by atoms with Crippen LogP contribution in [0.3, 0.4) is 0 Å². The number of aryl methyl sites for hydroxylation is 1. The number of para-hydroxylation sites is 1. The summed E-state index contributed by atoms with van der Waals surface area (Å²) in [5.74, 6) is 0.311. The molecule has 7 heteroatoms. The Morgan fingerprint density at radius 2 is 2.26 bits per heavy atom. The van der Waals surface area contributed by atoms with Crippen LogP contribution >= 0.6 is 23.2 Å². The zero-order valence-corrected chi connectivity index (χ0v) is 11.4. The van der Waals surface area contributed by atoms with Crippen LogP contribution in [0, 0.1) is 0 Å². The third-order valence-electron chi connectivity index (χ3n) is 2.60. The molecule has 0 aliphatic carbocycles. The van der Waals surface area contributed by atoms with Gasteiger partial charge in [0.1, 0.15) is 10.5 Å². The van der Waals surface area contributed by atoms with Gasteiger partial charge in [-0.25, -0.2) is 9.67 Å². The minimum absolute atomic E-state index is 0.311. The molecule has 0 unspecified atom stereocenters. The molecule has 0 aliphatic rings. The minimum Gasteiger partial charge on any atom is -0.434 e. The Kier molecular flexibility index (Phi) is 3.00. The fraction of sp³-hybridized carbons (Fsp3) is 0.0833. The minimum atomic E-state index is 0.311. The molecule has 0 bridgehead atoms. The number of hydrogen-bond acceptors (Lipinski definition) is 4. The monoisotopic (exact) mass is 294 g/mol. The van der Waals surface area contributed by atoms with E-state index in [1.165, 1.54) is 0 Å². The lowest BCUT2D eigenvalue weighted by atomic mass is 10.3. The van der Waals surface area contributed by atoms with E-state index in [2.05, 4.69) is 15.3 Å². The highest BCUT2D eigenvalue weighted by Gasteiger charge is 2.12. The maximum atomic E-state index is 6.19. The molecular weight excluding hydrogens is 287 g/mol. The molecule has 2 heterocycles. The molecular formula is C12H8Cl2N4O. The van der Waals surface area contributed by atoms with E-state index in [1.807, 2.05) is 6.07 Å². The molecule has 0 fully saturated rings. The number of aromatic nitrogens is 4. The van der Waals surface area contributed by atoms with Gasteiger partial charge in [-0.3, -0.25) is 0 Å². The first-order valence-electron chi connectivity index (χ1n) is 5.42. The lowest BCUT2D eigenvalue weighted by Crippen LogP contribution is -1.93. The quantitative estimate of drug-likeness (QED) is 0.727. The Labute approximate surface area is 118 Å². The first kappa shape index (κ1) is 12.2. The third kappa shape index (κ3) is 2.22. The van der Waals surface area contributed by atoms with Gasteiger partial charge >= 0.3 is 0 Å². The summed E-state index contributed by atoms with van der Waals surface area (Å²) >= 11 is 12.2. The van der Waals surface area contributed by atoms with Crippen LogP contribution in [-0.4, -0.2) is 20.0 Å². The number of benzene rings is 1. The third-order valence-corrected chi connectivity index (χ3v) is 3.16. The molecule has 0 spiro atoms. The van der Waals surface area contributed by atoms with Gasteiger partial charge in [-0.15, -0.1) is 5.10 Å². The maximum absolute atomic E-state index is 6.19. The van der Waals surface area contributed by atoms with Crippen molar-refractivity contribution in [1.82, 2.24) is 20.0 Å². The Hall–Kier alpha value is -1.85. The van der Waals surface area contributed by atoms with Gasteiger partial charge in [-0.2, -0.15) is 0 Å². The first-order valence-corrected chi connectivity index (χ1v) is 6.18. The van der Waals surface area contributed by atoms with E-state index < -0.39 is 0 Å². The maximum Gasteiger partial charge on any atom is 0.239 e. The highest BCUT2D eigenvalue weighted by molar-refractivity contribution is 6.50. The van der Waals surface area contributed by atoms with Crippen molar-refractivity contribution in [3.63, 3.8) is 0 Å². The lowest BCUT2D eigenvalue weighted by Gasteiger charge is -1.94. The van der Waals surface area contributed by atoms with Gasteiger partial charge in [-0.1, -0.05) is 34.5 Å². The second-order valence-electron chi connectivity index (χ2n) is 3.88. The van der Waals surface area contributed by atoms with Gasteiger partial charge in [0.2, 0.25) is 5.89 Å². The van der Waals surface area contributed by atoms with Crippen LogP contribution in [0.25, 0.3) is 22.2 Å². The number of oxazole rings is 1. The Bertz CT molecular complexity index is 775. The lowest BCUT2D eigenvalue weighted by molar-refractivity contribution is 0.588. The van der Waals surface area contributed by atoms with Crippen molar-refractivity contribution in [2.24, 2.45) is 7.05 Å². The normalized spacial score (nSPS) is 12.3. The van der Waals surface area contributed by atoms with E-state index in [0.717, 1.165) is 5.69 Å². The molecule has 96 valence electrons. The molecule has 0 radical (unpaired) electrons. The van der Waals surface area contributed by atoms with E-state index >= 15 is 0 Å². The molecule has 1 aromatic carbocycles. The van der Waals surface area contributed by atoms with E-state index in [0.29, 0.717) is 27.0 Å². The summed E-state index contributed by atoms with van der Waals surface area (Å²) in [5.41, 5.74) is 1.93. The van der Waals surface area contributed by atoms with Gasteiger partial charge in [0, 0.05) is 7.05 Å². The molecule has 2 aromatic heterocycles. The van der Waals surface area contributed by atoms with Crippen molar-refractivity contribution in [3.8, 4) is 0 Å². The average Bonchev–Trinajstić information content (AvgIpc) is 2.97. The predicted molar refractivity (Wildman–Crippen MR) is 73.7 cm³/mol. The van der Waals surface area contributed by atoms with Gasteiger partial charge < -0.3 is 4.42 Å². The van der Waals surface area contributed by atoms with Gasteiger partial charge in [0.05, 0.1) is 16.9 Å². The van der Waals surface area contributed by atoms with Crippen LogP contribution < -0.4 is 0 Å². The van der Waals surface area contributed by atoms with Crippen LogP contribution in [0.2, 0.25) is 5.02 Å². The summed E-state index contributed by atoms with van der Waals surface area (Å²) in [6.07, 6.45) is 3.28. The Morgan fingerprint density at radius 3 is 2.95 bits per heavy atom. The topological polar surface area (TPSA) is 56.7 Å². The molecule has 0 N–H and O–H groups in total. The highest BCUT2D eigenvalue weighted by atomic mass is 35.5. The molecule has 0 saturated carbocycles. The molecule has 3 rings (SSSR count). The summed E-state index contributed by atoms with van der Waals surface area (Å²) < 4.78 is 7.15. The van der Waals surface area contributed by atoms with Crippen molar-refractivity contribution in [3.05, 3.63) is 41.0 Å². The first-order chi connectivity index (χ1) is 9.15. The number of fused-ring (bicyclic) bond motifs is 1. The second kappa shape index (κ2) is 4.68. The fourth-order valence-corrected chi connectivity index (χ4v) is 2.04. The standard InChI is InChI=1S/C12H8Cl2N4O/c1-18-7(6-15-17-18)5-9(14)12-16-10-4-2-3-8(13)11(10)19-12/h2-6H,1H3/b9-5-. The van der Waals surface area contributed by atoms with Crippen molar-refractivity contribution in [2.75, 3.05) is 0 Å². The highest BCUT2D eigenvalue weighted by Crippen LogP contribution is 2.29. The number of hydrogen-bond donors (Lipinski definition) is 0. The van der Waals surface area contributed by atoms with Crippen LogP contribution in [0.15, 0.2) is 28.8 Å². The van der Waals surface area contributed by atoms with Gasteiger partial charge in [0.15, 0.2) is 5.58 Å². The zero-order valence-electron chi connectivity index (χ0n) is 9.84. The van der Waals surface area contributed by atoms with E-state index in [-0.39, 0.29) is 0 Å². The summed E-state index contributed by atoms with van der Waals surface area (Å²) in [6, 6.07) is 5.35. The zero-order chi connectivity index (χ0) is 13.4. The number of nitrogens with zero attached hydrogens (tertiary/aromatic N) is 4. The van der Waals surface area contributed by atoms with Gasteiger partial charge in [-0.05, 0) is 18.2 Å². The summed E-state index contributed by atoms with van der Waals surface area (Å²) in [4.78, 5) is 4.28. The van der Waals surface area contributed by atoms with Crippen molar-refractivity contribution < 1.29 is 4.42 Å². The summed E-state index contributed by atoms with van der Waals surface area (Å²) in [7, 11) is 1.77. The SMILES string of the molecule is Cn1nncc1/C=C(\Cl)c1nc2cccc(Cl)c2o1. The smallest absolute Gasteiger partial charge is 0.239 e. The summed E-state index contributed by atoms with van der Waals surface area (Å²) in [6.45, 7) is 0. The molecule has 19 heavy (non-hydrogen) atoms. The van der Waals surface area contributed by atoms with Gasteiger partial charge in [0.25, 0.3) is 0 Å². The van der Waals surface area contributed by atoms with Crippen LogP contribution in [0.1, 0.15) is 11.6 Å².